The van der Waals surface area contributed by atoms with Crippen molar-refractivity contribution >= 4 is 0 Å². The summed E-state index contributed by atoms with van der Waals surface area (Å²) in [7, 11) is 0. The van der Waals surface area contributed by atoms with Crippen LogP contribution in [0.1, 0.15) is 12.8 Å². The van der Waals surface area contributed by atoms with E-state index in [0.717, 1.165) is 25.9 Å². The van der Waals surface area contributed by atoms with Crippen LogP contribution in [-0.2, 0) is 0 Å². The molecule has 0 amide bonds. The molecule has 0 aliphatic carbocycles. The zero-order valence-electron chi connectivity index (χ0n) is 5.64. The fourth-order valence-corrected chi connectivity index (χ4v) is 0.845. The largest absolute Gasteiger partial charge is 0.316 e. The maximum absolute atomic E-state index is 3.32. The van der Waals surface area contributed by atoms with E-state index in [1.54, 1.807) is 0 Å². The number of hydrogen-bond donors (Lipinski definition) is 1. The van der Waals surface area contributed by atoms with Gasteiger partial charge in [0.2, 0.25) is 0 Å². The van der Waals surface area contributed by atoms with E-state index in [-0.39, 0.29) is 0 Å². The molecular formula is C8H13N. The monoisotopic (exact) mass is 123 g/mol. The Bertz CT molecular complexity index is 99.7. The summed E-state index contributed by atoms with van der Waals surface area (Å²) < 4.78 is 0. The van der Waals surface area contributed by atoms with Gasteiger partial charge in [-0.05, 0) is 25.9 Å². The van der Waals surface area contributed by atoms with Gasteiger partial charge in [0.05, 0.1) is 0 Å². The lowest BCUT2D eigenvalue weighted by Gasteiger charge is -1.96. The molecule has 0 unspecified atom stereocenters. The lowest BCUT2D eigenvalue weighted by Crippen LogP contribution is -2.14. The molecule has 50 valence electrons. The zero-order chi connectivity index (χ0) is 6.36. The second kappa shape index (κ2) is 4.33. The van der Waals surface area contributed by atoms with E-state index in [4.69, 9.17) is 0 Å². The molecule has 1 heteroatoms. The molecular weight excluding hydrogens is 110 g/mol. The third-order valence-electron chi connectivity index (χ3n) is 1.36. The molecule has 1 nitrogen and oxygen atoms in total. The van der Waals surface area contributed by atoms with Gasteiger partial charge in [-0.2, -0.15) is 0 Å². The van der Waals surface area contributed by atoms with Gasteiger partial charge in [0.25, 0.3) is 0 Å². The van der Waals surface area contributed by atoms with Crippen molar-refractivity contribution in [3.63, 3.8) is 0 Å². The Morgan fingerprint density at radius 3 is 2.00 bits per heavy atom. The van der Waals surface area contributed by atoms with Crippen molar-refractivity contribution in [2.24, 2.45) is 0 Å². The van der Waals surface area contributed by atoms with Crippen LogP contribution in [0.15, 0.2) is 24.3 Å². The van der Waals surface area contributed by atoms with Crippen LogP contribution in [0.25, 0.3) is 0 Å². The standard InChI is InChI=1S/C8H13N/c1-2-4-6-8-9-7-5-3-1/h1-4,9H,5-8H2. The van der Waals surface area contributed by atoms with Crippen LogP contribution in [0.2, 0.25) is 0 Å². The summed E-state index contributed by atoms with van der Waals surface area (Å²) in [4.78, 5) is 0. The molecule has 1 heterocycles. The molecule has 0 atom stereocenters. The van der Waals surface area contributed by atoms with Crippen LogP contribution in [0, 0.1) is 0 Å². The van der Waals surface area contributed by atoms with Crippen molar-refractivity contribution in [3.05, 3.63) is 24.3 Å². The Hall–Kier alpha value is -0.560. The predicted molar refractivity (Wildman–Crippen MR) is 40.4 cm³/mol. The van der Waals surface area contributed by atoms with Crippen LogP contribution in [-0.4, -0.2) is 13.1 Å². The van der Waals surface area contributed by atoms with E-state index in [9.17, 15) is 0 Å². The Morgan fingerprint density at radius 2 is 1.44 bits per heavy atom. The second-order valence-corrected chi connectivity index (χ2v) is 2.18. The molecule has 1 aliphatic heterocycles. The van der Waals surface area contributed by atoms with Crippen LogP contribution in [0.3, 0.4) is 0 Å². The van der Waals surface area contributed by atoms with Crippen molar-refractivity contribution < 1.29 is 0 Å². The van der Waals surface area contributed by atoms with Gasteiger partial charge in [-0.25, -0.2) is 0 Å². The van der Waals surface area contributed by atoms with E-state index >= 15 is 0 Å². The fraction of sp³-hybridized carbons (Fsp3) is 0.500. The van der Waals surface area contributed by atoms with Gasteiger partial charge in [-0.1, -0.05) is 24.3 Å². The lowest BCUT2D eigenvalue weighted by atomic mass is 10.3. The molecule has 0 aromatic carbocycles. The Balaban J connectivity index is 2.28. The fourth-order valence-electron chi connectivity index (χ4n) is 0.845. The van der Waals surface area contributed by atoms with E-state index in [0.29, 0.717) is 0 Å². The highest BCUT2D eigenvalue weighted by molar-refractivity contribution is 5.03. The first kappa shape index (κ1) is 6.56. The van der Waals surface area contributed by atoms with E-state index < -0.39 is 0 Å². The van der Waals surface area contributed by atoms with Gasteiger partial charge in [0.15, 0.2) is 0 Å². The Morgan fingerprint density at radius 1 is 0.889 bits per heavy atom. The average molecular weight is 123 g/mol. The van der Waals surface area contributed by atoms with Gasteiger partial charge < -0.3 is 5.32 Å². The predicted octanol–water partition coefficient (Wildman–Crippen LogP) is 1.48. The summed E-state index contributed by atoms with van der Waals surface area (Å²) in [6.45, 7) is 2.25. The molecule has 0 spiro atoms. The minimum Gasteiger partial charge on any atom is -0.316 e. The highest BCUT2D eigenvalue weighted by Crippen LogP contribution is 1.88. The molecule has 0 fully saturated rings. The first-order valence-corrected chi connectivity index (χ1v) is 3.52. The lowest BCUT2D eigenvalue weighted by molar-refractivity contribution is 0.699. The summed E-state index contributed by atoms with van der Waals surface area (Å²) in [6.07, 6.45) is 10.9. The molecule has 0 aromatic heterocycles. The Kier molecular flexibility index (Phi) is 3.16. The molecule has 0 aromatic rings. The summed E-state index contributed by atoms with van der Waals surface area (Å²) in [5.74, 6) is 0. The number of allylic oxidation sites excluding steroid dienone is 2. The third kappa shape index (κ3) is 3.09. The van der Waals surface area contributed by atoms with Crippen LogP contribution in [0.5, 0.6) is 0 Å². The quantitative estimate of drug-likeness (QED) is 0.514. The van der Waals surface area contributed by atoms with Crippen LogP contribution in [0.4, 0.5) is 0 Å². The van der Waals surface area contributed by atoms with Crippen molar-refractivity contribution in [3.8, 4) is 0 Å². The summed E-state index contributed by atoms with van der Waals surface area (Å²) in [5.41, 5.74) is 0. The van der Waals surface area contributed by atoms with Gasteiger partial charge in [0, 0.05) is 0 Å². The van der Waals surface area contributed by atoms with E-state index in [1.807, 2.05) is 0 Å². The molecule has 0 saturated heterocycles. The minimum absolute atomic E-state index is 1.12. The van der Waals surface area contributed by atoms with Crippen LogP contribution >= 0.6 is 0 Å². The number of nitrogens with one attached hydrogen (secondary N) is 1. The summed E-state index contributed by atoms with van der Waals surface area (Å²) in [5, 5.41) is 3.32. The summed E-state index contributed by atoms with van der Waals surface area (Å²) >= 11 is 0. The van der Waals surface area contributed by atoms with Gasteiger partial charge in [-0.3, -0.25) is 0 Å². The second-order valence-electron chi connectivity index (χ2n) is 2.18. The van der Waals surface area contributed by atoms with E-state index in [2.05, 4.69) is 29.6 Å². The molecule has 1 rings (SSSR count). The highest BCUT2D eigenvalue weighted by atomic mass is 14.8. The number of rotatable bonds is 0. The van der Waals surface area contributed by atoms with Gasteiger partial charge in [0.1, 0.15) is 0 Å². The first-order valence-electron chi connectivity index (χ1n) is 3.52. The molecule has 0 radical (unpaired) electrons. The molecule has 9 heavy (non-hydrogen) atoms. The van der Waals surface area contributed by atoms with Crippen molar-refractivity contribution in [2.75, 3.05) is 13.1 Å². The van der Waals surface area contributed by atoms with Crippen molar-refractivity contribution in [1.29, 1.82) is 0 Å². The topological polar surface area (TPSA) is 12.0 Å². The SMILES string of the molecule is C1=CCCNCCC=C1. The number of hydrogen-bond acceptors (Lipinski definition) is 1. The first-order chi connectivity index (χ1) is 4.50. The molecule has 0 bridgehead atoms. The smallest absolute Gasteiger partial charge is 0.00140 e. The highest BCUT2D eigenvalue weighted by Gasteiger charge is 1.83. The maximum Gasteiger partial charge on any atom is -0.00140 e. The van der Waals surface area contributed by atoms with Crippen LogP contribution < -0.4 is 5.32 Å². The normalized spacial score (nSPS) is 20.4. The maximum atomic E-state index is 3.32. The minimum atomic E-state index is 1.12. The zero-order valence-corrected chi connectivity index (χ0v) is 5.64. The summed E-state index contributed by atoms with van der Waals surface area (Å²) in [6, 6.07) is 0. The third-order valence-corrected chi connectivity index (χ3v) is 1.36. The van der Waals surface area contributed by atoms with Gasteiger partial charge >= 0.3 is 0 Å². The Labute approximate surface area is 56.5 Å². The average Bonchev–Trinajstić information content (AvgIpc) is 2.00. The molecule has 0 saturated carbocycles. The van der Waals surface area contributed by atoms with Gasteiger partial charge in [-0.15, -0.1) is 0 Å². The van der Waals surface area contributed by atoms with Crippen molar-refractivity contribution in [1.82, 2.24) is 5.32 Å². The van der Waals surface area contributed by atoms with E-state index in [1.165, 1.54) is 0 Å². The van der Waals surface area contributed by atoms with Crippen molar-refractivity contribution in [2.45, 2.75) is 12.8 Å². The molecule has 1 N–H and O–H groups in total. The molecule has 1 aliphatic rings.